The highest BCUT2D eigenvalue weighted by atomic mass is 16.5. The van der Waals surface area contributed by atoms with E-state index in [1.54, 1.807) is 13.0 Å². The normalized spacial score (nSPS) is 22.6. The van der Waals surface area contributed by atoms with Crippen LogP contribution in [-0.4, -0.2) is 42.8 Å². The number of aryl methyl sites for hydroxylation is 2. The van der Waals surface area contributed by atoms with E-state index in [2.05, 4.69) is 10.3 Å². The molecular weight excluding hydrogens is 258 g/mol. The Hall–Kier alpha value is -1.66. The number of pyridine rings is 1. The van der Waals surface area contributed by atoms with Crippen molar-refractivity contribution >= 4 is 5.91 Å². The monoisotopic (exact) mass is 279 g/mol. The second kappa shape index (κ2) is 6.19. The van der Waals surface area contributed by atoms with Crippen LogP contribution in [0.5, 0.6) is 5.75 Å². The Morgan fingerprint density at radius 1 is 1.55 bits per heavy atom. The molecular formula is C14H21N3O3. The summed E-state index contributed by atoms with van der Waals surface area (Å²) in [6.45, 7) is 7.57. The Morgan fingerprint density at radius 3 is 2.95 bits per heavy atom. The first-order valence-electron chi connectivity index (χ1n) is 6.74. The molecule has 1 fully saturated rings. The van der Waals surface area contributed by atoms with Crippen LogP contribution in [0.25, 0.3) is 0 Å². The molecule has 0 spiro atoms. The van der Waals surface area contributed by atoms with Gasteiger partial charge < -0.3 is 20.5 Å². The minimum atomic E-state index is -0.527. The van der Waals surface area contributed by atoms with Crippen molar-refractivity contribution in [2.24, 2.45) is 5.73 Å². The van der Waals surface area contributed by atoms with Crippen molar-refractivity contribution in [2.45, 2.75) is 33.0 Å². The third kappa shape index (κ3) is 3.46. The zero-order chi connectivity index (χ0) is 14.7. The van der Waals surface area contributed by atoms with Crippen LogP contribution < -0.4 is 15.8 Å². The van der Waals surface area contributed by atoms with Gasteiger partial charge in [0.2, 0.25) is 0 Å². The molecule has 0 radical (unpaired) electrons. The van der Waals surface area contributed by atoms with Gasteiger partial charge in [-0.1, -0.05) is 0 Å². The summed E-state index contributed by atoms with van der Waals surface area (Å²) in [7, 11) is 0. The molecule has 0 bridgehead atoms. The van der Waals surface area contributed by atoms with Crippen molar-refractivity contribution in [1.29, 1.82) is 0 Å². The first-order valence-corrected chi connectivity index (χ1v) is 6.74. The number of amides is 1. The molecule has 1 amide bonds. The molecule has 110 valence electrons. The first-order chi connectivity index (χ1) is 9.47. The molecule has 1 saturated heterocycles. The van der Waals surface area contributed by atoms with E-state index in [4.69, 9.17) is 15.2 Å². The lowest BCUT2D eigenvalue weighted by atomic mass is 10.1. The maximum absolute atomic E-state index is 11.5. The van der Waals surface area contributed by atoms with Gasteiger partial charge in [-0.25, -0.2) is 0 Å². The molecule has 1 aliphatic rings. The van der Waals surface area contributed by atoms with Crippen LogP contribution in [0.4, 0.5) is 0 Å². The number of nitrogens with two attached hydrogens (primary N) is 1. The number of ether oxygens (including phenoxy) is 2. The average Bonchev–Trinajstić information content (AvgIpc) is 2.35. The molecule has 2 unspecified atom stereocenters. The van der Waals surface area contributed by atoms with Crippen molar-refractivity contribution in [2.75, 3.05) is 19.7 Å². The minimum Gasteiger partial charge on any atom is -0.490 e. The lowest BCUT2D eigenvalue weighted by Crippen LogP contribution is -2.46. The molecule has 0 aliphatic carbocycles. The standard InChI is InChI=1S/C14H21N3O3/c1-8-4-12(13(14(15)18)10(3)17-8)19-7-11-6-16-5-9(2)20-11/h4,9,11,16H,5-7H2,1-3H3,(H2,15,18). The number of morpholine rings is 1. The minimum absolute atomic E-state index is 0.0340. The average molecular weight is 279 g/mol. The smallest absolute Gasteiger partial charge is 0.254 e. The molecule has 1 aromatic rings. The van der Waals surface area contributed by atoms with E-state index in [0.717, 1.165) is 18.8 Å². The summed E-state index contributed by atoms with van der Waals surface area (Å²) in [5.74, 6) is -0.0506. The van der Waals surface area contributed by atoms with Crippen LogP contribution in [0, 0.1) is 13.8 Å². The first kappa shape index (κ1) is 14.7. The van der Waals surface area contributed by atoms with Crippen molar-refractivity contribution in [3.8, 4) is 5.75 Å². The second-order valence-corrected chi connectivity index (χ2v) is 5.12. The van der Waals surface area contributed by atoms with Crippen LogP contribution in [-0.2, 0) is 4.74 Å². The van der Waals surface area contributed by atoms with E-state index < -0.39 is 5.91 Å². The molecule has 0 aromatic carbocycles. The number of hydrogen-bond donors (Lipinski definition) is 2. The molecule has 6 nitrogen and oxygen atoms in total. The molecule has 2 rings (SSSR count). The quantitative estimate of drug-likeness (QED) is 0.840. The highest BCUT2D eigenvalue weighted by Gasteiger charge is 2.21. The number of aromatic nitrogens is 1. The van der Waals surface area contributed by atoms with E-state index in [-0.39, 0.29) is 12.2 Å². The van der Waals surface area contributed by atoms with E-state index >= 15 is 0 Å². The van der Waals surface area contributed by atoms with E-state index in [9.17, 15) is 4.79 Å². The second-order valence-electron chi connectivity index (χ2n) is 5.12. The number of primary amides is 1. The lowest BCUT2D eigenvalue weighted by molar-refractivity contribution is -0.0471. The van der Waals surface area contributed by atoms with Gasteiger partial charge in [0.1, 0.15) is 24.0 Å². The fraction of sp³-hybridized carbons (Fsp3) is 0.571. The van der Waals surface area contributed by atoms with Gasteiger partial charge in [0, 0.05) is 24.8 Å². The van der Waals surface area contributed by atoms with Gasteiger partial charge in [0.05, 0.1) is 11.8 Å². The third-order valence-electron chi connectivity index (χ3n) is 3.19. The van der Waals surface area contributed by atoms with Crippen LogP contribution >= 0.6 is 0 Å². The van der Waals surface area contributed by atoms with Crippen molar-refractivity contribution < 1.29 is 14.3 Å². The summed E-state index contributed by atoms with van der Waals surface area (Å²) in [5.41, 5.74) is 7.11. The maximum atomic E-state index is 11.5. The molecule has 3 N–H and O–H groups in total. The summed E-state index contributed by atoms with van der Waals surface area (Å²) in [5, 5.41) is 3.27. The Bertz CT molecular complexity index is 505. The largest absolute Gasteiger partial charge is 0.490 e. The van der Waals surface area contributed by atoms with Gasteiger partial charge in [-0.2, -0.15) is 0 Å². The molecule has 2 heterocycles. The lowest BCUT2D eigenvalue weighted by Gasteiger charge is -2.28. The number of rotatable bonds is 4. The molecule has 1 aliphatic heterocycles. The van der Waals surface area contributed by atoms with Gasteiger partial charge in [0.25, 0.3) is 5.91 Å². The van der Waals surface area contributed by atoms with E-state index in [0.29, 0.717) is 23.6 Å². The summed E-state index contributed by atoms with van der Waals surface area (Å²) in [4.78, 5) is 15.8. The Kier molecular flexibility index (Phi) is 4.57. The molecule has 6 heteroatoms. The molecule has 1 aromatic heterocycles. The maximum Gasteiger partial charge on any atom is 0.254 e. The number of carbonyl (C=O) groups excluding carboxylic acids is 1. The summed E-state index contributed by atoms with van der Waals surface area (Å²) >= 11 is 0. The summed E-state index contributed by atoms with van der Waals surface area (Å²) < 4.78 is 11.5. The molecule has 20 heavy (non-hydrogen) atoms. The topological polar surface area (TPSA) is 86.5 Å². The van der Waals surface area contributed by atoms with Crippen molar-refractivity contribution in [3.63, 3.8) is 0 Å². The van der Waals surface area contributed by atoms with Gasteiger partial charge in [0.15, 0.2) is 0 Å². The van der Waals surface area contributed by atoms with E-state index in [1.807, 2.05) is 13.8 Å². The predicted octanol–water partition coefficient (Wildman–Crippen LogP) is 0.553. The number of carbonyl (C=O) groups is 1. The van der Waals surface area contributed by atoms with Gasteiger partial charge in [-0.3, -0.25) is 9.78 Å². The SMILES string of the molecule is Cc1cc(OCC2CNCC(C)O2)c(C(N)=O)c(C)n1. The van der Waals surface area contributed by atoms with Crippen LogP contribution in [0.2, 0.25) is 0 Å². The van der Waals surface area contributed by atoms with Gasteiger partial charge in [-0.15, -0.1) is 0 Å². The van der Waals surface area contributed by atoms with Gasteiger partial charge >= 0.3 is 0 Å². The van der Waals surface area contributed by atoms with Gasteiger partial charge in [-0.05, 0) is 20.8 Å². The molecule has 0 saturated carbocycles. The van der Waals surface area contributed by atoms with Crippen LogP contribution in [0.15, 0.2) is 6.07 Å². The summed E-state index contributed by atoms with van der Waals surface area (Å²) in [6.07, 6.45) is 0.127. The fourth-order valence-corrected chi connectivity index (χ4v) is 2.36. The fourth-order valence-electron chi connectivity index (χ4n) is 2.36. The third-order valence-corrected chi connectivity index (χ3v) is 3.19. The molecule has 2 atom stereocenters. The van der Waals surface area contributed by atoms with Crippen LogP contribution in [0.1, 0.15) is 28.7 Å². The number of nitrogens with one attached hydrogen (secondary N) is 1. The predicted molar refractivity (Wildman–Crippen MR) is 74.9 cm³/mol. The Labute approximate surface area is 118 Å². The van der Waals surface area contributed by atoms with Crippen molar-refractivity contribution in [3.05, 3.63) is 23.0 Å². The van der Waals surface area contributed by atoms with Crippen molar-refractivity contribution in [1.82, 2.24) is 10.3 Å². The highest BCUT2D eigenvalue weighted by molar-refractivity contribution is 5.96. The Morgan fingerprint density at radius 2 is 2.30 bits per heavy atom. The number of hydrogen-bond acceptors (Lipinski definition) is 5. The zero-order valence-electron chi connectivity index (χ0n) is 12.1. The number of nitrogens with zero attached hydrogens (tertiary/aromatic N) is 1. The van der Waals surface area contributed by atoms with Crippen LogP contribution in [0.3, 0.4) is 0 Å². The summed E-state index contributed by atoms with van der Waals surface area (Å²) in [6, 6.07) is 1.73. The highest BCUT2D eigenvalue weighted by Crippen LogP contribution is 2.22. The Balaban J connectivity index is 2.10. The van der Waals surface area contributed by atoms with E-state index in [1.165, 1.54) is 0 Å². The zero-order valence-corrected chi connectivity index (χ0v) is 12.1.